The van der Waals surface area contributed by atoms with Crippen molar-refractivity contribution in [2.45, 2.75) is 44.8 Å². The second kappa shape index (κ2) is 7.31. The number of hydrogen-bond acceptors (Lipinski definition) is 4. The molecule has 1 unspecified atom stereocenters. The molecule has 0 spiro atoms. The van der Waals surface area contributed by atoms with Gasteiger partial charge >= 0.3 is 6.09 Å². The van der Waals surface area contributed by atoms with E-state index in [1.807, 2.05) is 6.07 Å². The van der Waals surface area contributed by atoms with Crippen LogP contribution >= 0.6 is 15.9 Å². The first kappa shape index (κ1) is 20.5. The number of nitrogens with zero attached hydrogens (tertiary/aromatic N) is 3. The van der Waals surface area contributed by atoms with Crippen LogP contribution in [0, 0.1) is 0 Å². The Morgan fingerprint density at radius 2 is 2.11 bits per heavy atom. The van der Waals surface area contributed by atoms with Crippen molar-refractivity contribution in [3.63, 3.8) is 0 Å². The normalized spacial score (nSPS) is 19.1. The van der Waals surface area contributed by atoms with Crippen LogP contribution in [0.4, 0.5) is 13.6 Å². The van der Waals surface area contributed by atoms with Gasteiger partial charge in [-0.2, -0.15) is 0 Å². The molecule has 1 saturated heterocycles. The van der Waals surface area contributed by atoms with Gasteiger partial charge in [0, 0.05) is 16.9 Å². The van der Waals surface area contributed by atoms with E-state index in [0.29, 0.717) is 11.3 Å². The number of pyridine rings is 1. The van der Waals surface area contributed by atoms with E-state index in [-0.39, 0.29) is 13.0 Å². The van der Waals surface area contributed by atoms with E-state index >= 15 is 0 Å². The number of aromatic nitrogens is 2. The lowest BCUT2D eigenvalue weighted by Crippen LogP contribution is -2.47. The molecule has 2 amide bonds. The fourth-order valence-electron chi connectivity index (χ4n) is 2.95. The SMILES string of the molecule is CC(C)(C)OC(=O)N1CC(NC(=O)Cc2cnc3ccc(Br)cn23)C(F)(F)C1. The van der Waals surface area contributed by atoms with Gasteiger partial charge in [0.15, 0.2) is 0 Å². The third-order valence-electron chi connectivity index (χ3n) is 4.19. The fraction of sp³-hybridized carbons (Fsp3) is 0.500. The molecule has 1 aliphatic heterocycles. The number of ether oxygens (including phenoxy) is 1. The minimum absolute atomic E-state index is 0.114. The molecule has 1 fully saturated rings. The largest absolute Gasteiger partial charge is 0.444 e. The van der Waals surface area contributed by atoms with Gasteiger partial charge in [-0.15, -0.1) is 0 Å². The highest BCUT2D eigenvalue weighted by Gasteiger charge is 2.51. The number of nitrogens with one attached hydrogen (secondary N) is 1. The van der Waals surface area contributed by atoms with E-state index in [1.165, 1.54) is 6.20 Å². The molecule has 1 N–H and O–H groups in total. The lowest BCUT2D eigenvalue weighted by molar-refractivity contribution is -0.123. The summed E-state index contributed by atoms with van der Waals surface area (Å²) >= 11 is 3.35. The van der Waals surface area contributed by atoms with Crippen molar-refractivity contribution in [3.8, 4) is 0 Å². The highest BCUT2D eigenvalue weighted by molar-refractivity contribution is 9.10. The average molecular weight is 459 g/mol. The third-order valence-corrected chi connectivity index (χ3v) is 4.66. The predicted octanol–water partition coefficient (Wildman–Crippen LogP) is 3.01. The number of imidazole rings is 1. The Hall–Kier alpha value is -2.23. The Labute approximate surface area is 169 Å². The summed E-state index contributed by atoms with van der Waals surface area (Å²) in [5.41, 5.74) is 0.429. The molecule has 3 heterocycles. The zero-order chi connectivity index (χ0) is 20.7. The number of carbonyl (C=O) groups excluding carboxylic acids is 2. The molecule has 1 aliphatic rings. The van der Waals surface area contributed by atoms with Crippen LogP contribution in [0.15, 0.2) is 29.0 Å². The summed E-state index contributed by atoms with van der Waals surface area (Å²) < 4.78 is 36.3. The second-order valence-corrected chi connectivity index (χ2v) is 8.66. The Morgan fingerprint density at radius 1 is 1.39 bits per heavy atom. The Balaban J connectivity index is 1.66. The van der Waals surface area contributed by atoms with Gasteiger partial charge in [-0.3, -0.25) is 9.69 Å². The van der Waals surface area contributed by atoms with Crippen molar-refractivity contribution in [3.05, 3.63) is 34.7 Å². The van der Waals surface area contributed by atoms with E-state index < -0.39 is 36.1 Å². The van der Waals surface area contributed by atoms with Gasteiger partial charge in [-0.05, 0) is 48.8 Å². The van der Waals surface area contributed by atoms with Crippen LogP contribution in [0.2, 0.25) is 0 Å². The smallest absolute Gasteiger partial charge is 0.410 e. The summed E-state index contributed by atoms with van der Waals surface area (Å²) in [5.74, 6) is -3.81. The van der Waals surface area contributed by atoms with Gasteiger partial charge in [-0.25, -0.2) is 18.6 Å². The molecule has 0 saturated carbocycles. The third kappa shape index (κ3) is 4.60. The van der Waals surface area contributed by atoms with Crippen LogP contribution in [-0.2, 0) is 16.0 Å². The molecular formula is C18H21BrF2N4O3. The van der Waals surface area contributed by atoms with Crippen LogP contribution in [0.5, 0.6) is 0 Å². The van der Waals surface area contributed by atoms with Crippen LogP contribution in [0.1, 0.15) is 26.5 Å². The van der Waals surface area contributed by atoms with Crippen LogP contribution in [-0.4, -0.2) is 56.9 Å². The molecule has 1 atom stereocenters. The molecule has 0 radical (unpaired) electrons. The molecule has 152 valence electrons. The maximum atomic E-state index is 14.3. The molecule has 3 rings (SSSR count). The zero-order valence-corrected chi connectivity index (χ0v) is 17.3. The number of alkyl halides is 2. The summed E-state index contributed by atoms with van der Waals surface area (Å²) in [6.07, 6.45) is 2.34. The van der Waals surface area contributed by atoms with E-state index in [9.17, 15) is 18.4 Å². The van der Waals surface area contributed by atoms with Crippen LogP contribution in [0.25, 0.3) is 5.65 Å². The molecule has 10 heteroatoms. The summed E-state index contributed by atoms with van der Waals surface area (Å²) in [6, 6.07) is 2.12. The molecular weight excluding hydrogens is 438 g/mol. The monoisotopic (exact) mass is 458 g/mol. The standard InChI is InChI=1S/C18H21BrF2N4O3/c1-17(2,3)28-16(27)24-9-13(18(20,21)10-24)23-15(26)6-12-7-22-14-5-4-11(19)8-25(12)14/h4-5,7-8,13H,6,9-10H2,1-3H3,(H,23,26). The molecule has 0 bridgehead atoms. The molecule has 0 aromatic carbocycles. The number of halogens is 3. The van der Waals surface area contributed by atoms with E-state index in [0.717, 1.165) is 9.37 Å². The van der Waals surface area contributed by atoms with Crippen molar-refractivity contribution < 1.29 is 23.1 Å². The summed E-state index contributed by atoms with van der Waals surface area (Å²) in [6.45, 7) is 3.87. The summed E-state index contributed by atoms with van der Waals surface area (Å²) in [4.78, 5) is 29.5. The molecule has 2 aromatic rings. The lowest BCUT2D eigenvalue weighted by Gasteiger charge is -2.24. The van der Waals surface area contributed by atoms with Crippen molar-refractivity contribution in [1.29, 1.82) is 0 Å². The molecule has 0 aliphatic carbocycles. The van der Waals surface area contributed by atoms with E-state index in [4.69, 9.17) is 4.74 Å². The highest BCUT2D eigenvalue weighted by atomic mass is 79.9. The predicted molar refractivity (Wildman–Crippen MR) is 101 cm³/mol. The van der Waals surface area contributed by atoms with Crippen molar-refractivity contribution in [1.82, 2.24) is 19.6 Å². The van der Waals surface area contributed by atoms with Crippen LogP contribution in [0.3, 0.4) is 0 Å². The van der Waals surface area contributed by atoms with E-state index in [2.05, 4.69) is 26.2 Å². The quantitative estimate of drug-likeness (QED) is 0.766. The first-order valence-corrected chi connectivity index (χ1v) is 9.50. The summed E-state index contributed by atoms with van der Waals surface area (Å²) in [7, 11) is 0. The van der Waals surface area contributed by atoms with Gasteiger partial charge in [0.25, 0.3) is 5.92 Å². The molecule has 7 nitrogen and oxygen atoms in total. The molecule has 2 aromatic heterocycles. The van der Waals surface area contributed by atoms with Crippen molar-refractivity contribution in [2.24, 2.45) is 0 Å². The van der Waals surface area contributed by atoms with Gasteiger partial charge in [-0.1, -0.05) is 0 Å². The van der Waals surface area contributed by atoms with Crippen molar-refractivity contribution in [2.75, 3.05) is 13.1 Å². The van der Waals surface area contributed by atoms with Crippen LogP contribution < -0.4 is 5.32 Å². The number of hydrogen-bond donors (Lipinski definition) is 1. The Kier molecular flexibility index (Phi) is 5.35. The average Bonchev–Trinajstić information content (AvgIpc) is 3.07. The van der Waals surface area contributed by atoms with Gasteiger partial charge < -0.3 is 14.5 Å². The number of likely N-dealkylation sites (tertiary alicyclic amines) is 1. The van der Waals surface area contributed by atoms with E-state index in [1.54, 1.807) is 37.4 Å². The highest BCUT2D eigenvalue weighted by Crippen LogP contribution is 2.29. The Morgan fingerprint density at radius 3 is 2.79 bits per heavy atom. The number of rotatable bonds is 3. The minimum Gasteiger partial charge on any atom is -0.444 e. The maximum absolute atomic E-state index is 14.3. The zero-order valence-electron chi connectivity index (χ0n) is 15.7. The van der Waals surface area contributed by atoms with Gasteiger partial charge in [0.1, 0.15) is 17.3 Å². The number of carbonyl (C=O) groups is 2. The van der Waals surface area contributed by atoms with Crippen molar-refractivity contribution >= 4 is 33.6 Å². The lowest BCUT2D eigenvalue weighted by atomic mass is 10.2. The minimum atomic E-state index is -3.24. The molecule has 28 heavy (non-hydrogen) atoms. The number of fused-ring (bicyclic) bond motifs is 1. The van der Waals surface area contributed by atoms with Gasteiger partial charge in [0.05, 0.1) is 25.2 Å². The topological polar surface area (TPSA) is 75.9 Å². The Bertz CT molecular complexity index is 910. The van der Waals surface area contributed by atoms with Gasteiger partial charge in [0.2, 0.25) is 5.91 Å². The second-order valence-electron chi connectivity index (χ2n) is 7.74. The first-order valence-electron chi connectivity index (χ1n) is 8.71. The number of amides is 2. The fourth-order valence-corrected chi connectivity index (χ4v) is 3.28. The maximum Gasteiger partial charge on any atom is 0.410 e. The summed E-state index contributed by atoms with van der Waals surface area (Å²) in [5, 5.41) is 2.34. The first-order chi connectivity index (χ1) is 12.9.